The lowest BCUT2D eigenvalue weighted by molar-refractivity contribution is -0.138. The van der Waals surface area contributed by atoms with E-state index in [2.05, 4.69) is 9.80 Å². The summed E-state index contributed by atoms with van der Waals surface area (Å²) in [7, 11) is 0. The summed E-state index contributed by atoms with van der Waals surface area (Å²) < 4.78 is 0. The number of carbonyl (C=O) groups excluding carboxylic acids is 1. The summed E-state index contributed by atoms with van der Waals surface area (Å²) in [5, 5.41) is 0. The molecule has 120 valence electrons. The molecule has 0 spiro atoms. The van der Waals surface area contributed by atoms with Crippen molar-refractivity contribution in [3.63, 3.8) is 0 Å². The topological polar surface area (TPSA) is 49.6 Å². The summed E-state index contributed by atoms with van der Waals surface area (Å²) >= 11 is 0. The average Bonchev–Trinajstić information content (AvgIpc) is 2.95. The van der Waals surface area contributed by atoms with E-state index in [1.807, 2.05) is 0 Å². The van der Waals surface area contributed by atoms with Gasteiger partial charge in [-0.2, -0.15) is 0 Å². The minimum Gasteiger partial charge on any atom is -0.338 e. The molecular weight excluding hydrogens is 262 g/mol. The highest BCUT2D eigenvalue weighted by Gasteiger charge is 2.35. The van der Waals surface area contributed by atoms with Gasteiger partial charge < -0.3 is 15.5 Å². The second-order valence-electron chi connectivity index (χ2n) is 7.31. The van der Waals surface area contributed by atoms with Gasteiger partial charge in [0.1, 0.15) is 0 Å². The van der Waals surface area contributed by atoms with Crippen LogP contribution in [-0.2, 0) is 4.79 Å². The molecule has 1 saturated carbocycles. The molecule has 0 aromatic heterocycles. The van der Waals surface area contributed by atoms with E-state index in [9.17, 15) is 4.79 Å². The van der Waals surface area contributed by atoms with Crippen molar-refractivity contribution in [2.45, 2.75) is 69.9 Å². The predicted octanol–water partition coefficient (Wildman–Crippen LogP) is 1.98. The van der Waals surface area contributed by atoms with E-state index in [1.54, 1.807) is 0 Å². The fourth-order valence-corrected chi connectivity index (χ4v) is 4.44. The summed E-state index contributed by atoms with van der Waals surface area (Å²) in [6.07, 6.45) is 10.6. The molecule has 4 heteroatoms. The van der Waals surface area contributed by atoms with Crippen LogP contribution >= 0.6 is 0 Å². The molecule has 2 heterocycles. The Morgan fingerprint density at radius 2 is 1.76 bits per heavy atom. The minimum atomic E-state index is 0.204. The van der Waals surface area contributed by atoms with Crippen LogP contribution in [0, 0.1) is 5.92 Å². The first-order chi connectivity index (χ1) is 10.2. The van der Waals surface area contributed by atoms with E-state index in [0.29, 0.717) is 11.9 Å². The SMILES string of the molecule is N[C@@H]1CCC[C@H](C(=O)N2CCC[C@H]2CN2CCCCC2)C1. The summed E-state index contributed by atoms with van der Waals surface area (Å²) in [5.41, 5.74) is 6.07. The van der Waals surface area contributed by atoms with Crippen molar-refractivity contribution < 1.29 is 4.79 Å². The number of amides is 1. The Bertz CT molecular complexity index is 354. The standard InChI is InChI=1S/C17H31N3O/c18-15-7-4-6-14(12-15)17(21)20-11-5-8-16(20)13-19-9-2-1-3-10-19/h14-16H,1-13,18H2/t14-,15+,16-/m0/s1. The van der Waals surface area contributed by atoms with Gasteiger partial charge in [0.2, 0.25) is 5.91 Å². The molecule has 2 N–H and O–H groups in total. The van der Waals surface area contributed by atoms with Crippen molar-refractivity contribution in [1.82, 2.24) is 9.80 Å². The van der Waals surface area contributed by atoms with Crippen molar-refractivity contribution in [2.24, 2.45) is 11.7 Å². The van der Waals surface area contributed by atoms with Crippen LogP contribution in [0.1, 0.15) is 57.8 Å². The van der Waals surface area contributed by atoms with Crippen molar-refractivity contribution in [3.05, 3.63) is 0 Å². The van der Waals surface area contributed by atoms with Gasteiger partial charge in [-0.25, -0.2) is 0 Å². The van der Waals surface area contributed by atoms with E-state index < -0.39 is 0 Å². The quantitative estimate of drug-likeness (QED) is 0.865. The van der Waals surface area contributed by atoms with E-state index in [1.165, 1.54) is 45.2 Å². The van der Waals surface area contributed by atoms with Gasteiger partial charge in [-0.15, -0.1) is 0 Å². The van der Waals surface area contributed by atoms with Crippen LogP contribution in [0.15, 0.2) is 0 Å². The highest BCUT2D eigenvalue weighted by molar-refractivity contribution is 5.79. The zero-order valence-electron chi connectivity index (χ0n) is 13.3. The van der Waals surface area contributed by atoms with E-state index in [4.69, 9.17) is 5.73 Å². The molecule has 2 aliphatic heterocycles. The van der Waals surface area contributed by atoms with Gasteiger partial charge in [-0.05, 0) is 58.0 Å². The molecule has 0 aromatic carbocycles. The fourth-order valence-electron chi connectivity index (χ4n) is 4.44. The van der Waals surface area contributed by atoms with Crippen molar-refractivity contribution in [3.8, 4) is 0 Å². The Morgan fingerprint density at radius 1 is 0.952 bits per heavy atom. The van der Waals surface area contributed by atoms with Crippen LogP contribution in [0.4, 0.5) is 0 Å². The summed E-state index contributed by atoms with van der Waals surface area (Å²) in [5.74, 6) is 0.611. The summed E-state index contributed by atoms with van der Waals surface area (Å²) in [6, 6.07) is 0.713. The van der Waals surface area contributed by atoms with Crippen LogP contribution in [0.5, 0.6) is 0 Å². The molecule has 21 heavy (non-hydrogen) atoms. The van der Waals surface area contributed by atoms with Crippen LogP contribution in [0.2, 0.25) is 0 Å². The molecular formula is C17H31N3O. The molecule has 3 aliphatic rings. The third-order valence-electron chi connectivity index (χ3n) is 5.64. The Hall–Kier alpha value is -0.610. The maximum atomic E-state index is 12.8. The van der Waals surface area contributed by atoms with Crippen molar-refractivity contribution in [2.75, 3.05) is 26.2 Å². The lowest BCUT2D eigenvalue weighted by atomic mass is 9.85. The molecule has 4 nitrogen and oxygen atoms in total. The number of likely N-dealkylation sites (tertiary alicyclic amines) is 2. The zero-order valence-corrected chi connectivity index (χ0v) is 13.3. The lowest BCUT2D eigenvalue weighted by Gasteiger charge is -2.36. The highest BCUT2D eigenvalue weighted by Crippen LogP contribution is 2.29. The molecule has 3 rings (SSSR count). The van der Waals surface area contributed by atoms with Gasteiger partial charge in [-0.1, -0.05) is 12.8 Å². The lowest BCUT2D eigenvalue weighted by Crippen LogP contribution is -2.47. The molecule has 3 fully saturated rings. The van der Waals surface area contributed by atoms with Crippen LogP contribution < -0.4 is 5.73 Å². The summed E-state index contributed by atoms with van der Waals surface area (Å²) in [6.45, 7) is 4.53. The Morgan fingerprint density at radius 3 is 2.52 bits per heavy atom. The third-order valence-corrected chi connectivity index (χ3v) is 5.64. The average molecular weight is 293 g/mol. The smallest absolute Gasteiger partial charge is 0.226 e. The van der Waals surface area contributed by atoms with E-state index in [0.717, 1.165) is 38.8 Å². The second kappa shape index (κ2) is 7.10. The van der Waals surface area contributed by atoms with Crippen molar-refractivity contribution >= 4 is 5.91 Å². The van der Waals surface area contributed by atoms with E-state index in [-0.39, 0.29) is 12.0 Å². The molecule has 0 radical (unpaired) electrons. The minimum absolute atomic E-state index is 0.204. The molecule has 0 unspecified atom stereocenters. The predicted molar refractivity (Wildman–Crippen MR) is 85.0 cm³/mol. The largest absolute Gasteiger partial charge is 0.338 e. The number of nitrogens with two attached hydrogens (primary N) is 1. The first-order valence-corrected chi connectivity index (χ1v) is 9.02. The first-order valence-electron chi connectivity index (χ1n) is 9.02. The Kier molecular flexibility index (Phi) is 5.17. The van der Waals surface area contributed by atoms with Crippen molar-refractivity contribution in [1.29, 1.82) is 0 Å². The highest BCUT2D eigenvalue weighted by atomic mass is 16.2. The fraction of sp³-hybridized carbons (Fsp3) is 0.941. The first kappa shape index (κ1) is 15.3. The van der Waals surface area contributed by atoms with Gasteiger partial charge in [-0.3, -0.25) is 4.79 Å². The molecule has 3 atom stereocenters. The Labute approximate surface area is 129 Å². The number of carbonyl (C=O) groups is 1. The monoisotopic (exact) mass is 293 g/mol. The molecule has 1 amide bonds. The molecule has 1 aliphatic carbocycles. The molecule has 2 saturated heterocycles. The molecule has 0 aromatic rings. The van der Waals surface area contributed by atoms with Gasteiger partial charge in [0.05, 0.1) is 0 Å². The maximum Gasteiger partial charge on any atom is 0.226 e. The second-order valence-corrected chi connectivity index (χ2v) is 7.31. The summed E-state index contributed by atoms with van der Waals surface area (Å²) in [4.78, 5) is 17.6. The third kappa shape index (κ3) is 3.78. The van der Waals surface area contributed by atoms with Crippen LogP contribution in [0.3, 0.4) is 0 Å². The maximum absolute atomic E-state index is 12.8. The van der Waals surface area contributed by atoms with Gasteiger partial charge >= 0.3 is 0 Å². The van der Waals surface area contributed by atoms with Crippen LogP contribution in [-0.4, -0.2) is 54.0 Å². The van der Waals surface area contributed by atoms with Gasteiger partial charge in [0, 0.05) is 31.1 Å². The number of piperidine rings is 1. The zero-order chi connectivity index (χ0) is 14.7. The van der Waals surface area contributed by atoms with E-state index >= 15 is 0 Å². The number of rotatable bonds is 3. The number of nitrogens with zero attached hydrogens (tertiary/aromatic N) is 2. The van der Waals surface area contributed by atoms with Gasteiger partial charge in [0.25, 0.3) is 0 Å². The normalized spacial score (nSPS) is 35.1. The Balaban J connectivity index is 1.56. The van der Waals surface area contributed by atoms with Crippen LogP contribution in [0.25, 0.3) is 0 Å². The molecule has 0 bridgehead atoms. The van der Waals surface area contributed by atoms with Gasteiger partial charge in [0.15, 0.2) is 0 Å². The number of hydrogen-bond donors (Lipinski definition) is 1. The number of hydrogen-bond acceptors (Lipinski definition) is 3.